The van der Waals surface area contributed by atoms with E-state index in [1.54, 1.807) is 0 Å². The lowest BCUT2D eigenvalue weighted by Gasteiger charge is -2.17. The van der Waals surface area contributed by atoms with Gasteiger partial charge in [-0.2, -0.15) is 0 Å². The molecule has 2 aromatic heterocycles. The van der Waals surface area contributed by atoms with E-state index in [4.69, 9.17) is 0 Å². The van der Waals surface area contributed by atoms with E-state index in [0.29, 0.717) is 0 Å². The third kappa shape index (κ3) is 1.58. The zero-order valence-electron chi connectivity index (χ0n) is 7.91. The average Bonchev–Trinajstić information content (AvgIpc) is 2.65. The van der Waals surface area contributed by atoms with Crippen LogP contribution in [-0.4, -0.2) is 13.1 Å². The van der Waals surface area contributed by atoms with Gasteiger partial charge in [-0.3, -0.25) is 0 Å². The Bertz CT molecular complexity index is 356. The molecule has 0 unspecified atom stereocenters. The molecule has 2 aromatic rings. The number of nitrogens with zero attached hydrogens (tertiary/aromatic N) is 1. The highest BCUT2D eigenvalue weighted by Crippen LogP contribution is 2.35. The summed E-state index contributed by atoms with van der Waals surface area (Å²) in [6.45, 7) is 6.61. The Morgan fingerprint density at radius 1 is 1.31 bits per heavy atom. The lowest BCUT2D eigenvalue weighted by molar-refractivity contribution is 0.877. The summed E-state index contributed by atoms with van der Waals surface area (Å²) >= 11 is 3.74. The van der Waals surface area contributed by atoms with Crippen molar-refractivity contribution in [2.45, 2.75) is 13.8 Å². The van der Waals surface area contributed by atoms with Crippen LogP contribution < -0.4 is 4.90 Å². The Morgan fingerprint density at radius 2 is 2.08 bits per heavy atom. The summed E-state index contributed by atoms with van der Waals surface area (Å²) in [7, 11) is 0. The van der Waals surface area contributed by atoms with E-state index < -0.39 is 0 Å². The number of thiophene rings is 2. The molecule has 0 saturated carbocycles. The largest absolute Gasteiger partial charge is 0.364 e. The Balaban J connectivity index is 2.37. The molecule has 1 nitrogen and oxygen atoms in total. The zero-order valence-corrected chi connectivity index (χ0v) is 9.54. The molecule has 70 valence electrons. The maximum Gasteiger partial charge on any atom is 0.0929 e. The Kier molecular flexibility index (Phi) is 2.56. The van der Waals surface area contributed by atoms with Crippen molar-refractivity contribution in [1.29, 1.82) is 0 Å². The summed E-state index contributed by atoms with van der Waals surface area (Å²) < 4.78 is 1.45. The maximum absolute atomic E-state index is 2.40. The van der Waals surface area contributed by atoms with E-state index in [0.717, 1.165) is 13.1 Å². The first-order chi connectivity index (χ1) is 6.35. The second-order valence-electron chi connectivity index (χ2n) is 2.92. The molecule has 0 spiro atoms. The van der Waals surface area contributed by atoms with Crippen molar-refractivity contribution in [3.8, 4) is 0 Å². The molecular weight excluding hydrogens is 198 g/mol. The van der Waals surface area contributed by atoms with Gasteiger partial charge >= 0.3 is 0 Å². The summed E-state index contributed by atoms with van der Waals surface area (Å²) in [5, 5.41) is 4.97. The van der Waals surface area contributed by atoms with Crippen molar-refractivity contribution in [3.05, 3.63) is 17.5 Å². The molecule has 0 saturated heterocycles. The van der Waals surface area contributed by atoms with Crippen LogP contribution in [0, 0.1) is 0 Å². The van der Waals surface area contributed by atoms with Crippen molar-refractivity contribution in [3.63, 3.8) is 0 Å². The van der Waals surface area contributed by atoms with Gasteiger partial charge in [0.15, 0.2) is 0 Å². The van der Waals surface area contributed by atoms with Gasteiger partial charge in [-0.25, -0.2) is 0 Å². The molecule has 0 aromatic carbocycles. The summed E-state index contributed by atoms with van der Waals surface area (Å²) in [6.07, 6.45) is 0. The minimum atomic E-state index is 1.10. The Labute approximate surface area is 86.6 Å². The van der Waals surface area contributed by atoms with Crippen LogP contribution in [0.15, 0.2) is 17.5 Å². The molecule has 2 rings (SSSR count). The quantitative estimate of drug-likeness (QED) is 0.746. The molecule has 0 bridgehead atoms. The minimum absolute atomic E-state index is 1.10. The molecule has 13 heavy (non-hydrogen) atoms. The number of anilines is 1. The van der Waals surface area contributed by atoms with Crippen molar-refractivity contribution >= 4 is 37.1 Å². The highest BCUT2D eigenvalue weighted by Gasteiger charge is 2.06. The topological polar surface area (TPSA) is 3.24 Å². The third-order valence-corrected chi connectivity index (χ3v) is 4.48. The van der Waals surface area contributed by atoms with Crippen LogP contribution in [0.3, 0.4) is 0 Å². The summed E-state index contributed by atoms with van der Waals surface area (Å²) in [6, 6.07) is 4.49. The normalized spacial score (nSPS) is 10.9. The van der Waals surface area contributed by atoms with Crippen molar-refractivity contribution in [2.24, 2.45) is 0 Å². The zero-order chi connectivity index (χ0) is 9.26. The van der Waals surface area contributed by atoms with Crippen LogP contribution in [0.5, 0.6) is 0 Å². The fourth-order valence-electron chi connectivity index (χ4n) is 1.44. The SMILES string of the molecule is CCN(CC)c1cc2ccsc2s1. The molecule has 0 N–H and O–H groups in total. The first-order valence-corrected chi connectivity index (χ1v) is 6.26. The van der Waals surface area contributed by atoms with Crippen LogP contribution in [0.2, 0.25) is 0 Å². The van der Waals surface area contributed by atoms with Crippen LogP contribution >= 0.6 is 22.7 Å². The van der Waals surface area contributed by atoms with E-state index in [1.165, 1.54) is 14.4 Å². The lowest BCUT2D eigenvalue weighted by atomic mass is 10.4. The van der Waals surface area contributed by atoms with Gasteiger partial charge in [-0.15, -0.1) is 22.7 Å². The average molecular weight is 211 g/mol. The smallest absolute Gasteiger partial charge is 0.0929 e. The van der Waals surface area contributed by atoms with Crippen molar-refractivity contribution < 1.29 is 0 Å². The number of hydrogen-bond donors (Lipinski definition) is 0. The number of hydrogen-bond acceptors (Lipinski definition) is 3. The first-order valence-electron chi connectivity index (χ1n) is 4.57. The van der Waals surface area contributed by atoms with Gasteiger partial charge in [0.2, 0.25) is 0 Å². The van der Waals surface area contributed by atoms with E-state index in [9.17, 15) is 0 Å². The van der Waals surface area contributed by atoms with E-state index >= 15 is 0 Å². The van der Waals surface area contributed by atoms with Crippen LogP contribution in [0.25, 0.3) is 9.40 Å². The van der Waals surface area contributed by atoms with Gasteiger partial charge in [-0.1, -0.05) is 0 Å². The maximum atomic E-state index is 2.40. The van der Waals surface area contributed by atoms with Gasteiger partial charge in [0.25, 0.3) is 0 Å². The molecule has 0 aliphatic rings. The van der Waals surface area contributed by atoms with Crippen LogP contribution in [-0.2, 0) is 0 Å². The molecule has 3 heteroatoms. The van der Waals surface area contributed by atoms with E-state index in [2.05, 4.69) is 36.3 Å². The Hall–Kier alpha value is -0.540. The second kappa shape index (κ2) is 3.68. The lowest BCUT2D eigenvalue weighted by Crippen LogP contribution is -2.20. The minimum Gasteiger partial charge on any atom is -0.364 e. The molecule has 0 amide bonds. The van der Waals surface area contributed by atoms with Gasteiger partial charge < -0.3 is 4.90 Å². The van der Waals surface area contributed by atoms with Gasteiger partial charge in [0.05, 0.1) is 9.01 Å². The first kappa shape index (κ1) is 9.03. The molecular formula is C10H13NS2. The van der Waals surface area contributed by atoms with Crippen LogP contribution in [0.1, 0.15) is 13.8 Å². The van der Waals surface area contributed by atoms with E-state index in [-0.39, 0.29) is 0 Å². The van der Waals surface area contributed by atoms with Crippen molar-refractivity contribution in [2.75, 3.05) is 18.0 Å². The second-order valence-corrected chi connectivity index (χ2v) is 5.13. The van der Waals surface area contributed by atoms with Crippen LogP contribution in [0.4, 0.5) is 5.00 Å². The number of fused-ring (bicyclic) bond motifs is 1. The monoisotopic (exact) mass is 211 g/mol. The standard InChI is InChI=1S/C10H13NS2/c1-3-11(4-2)9-7-8-5-6-12-10(8)13-9/h5-7H,3-4H2,1-2H3. The summed E-state index contributed by atoms with van der Waals surface area (Å²) in [4.78, 5) is 2.40. The van der Waals surface area contributed by atoms with Gasteiger partial charge in [0, 0.05) is 18.5 Å². The van der Waals surface area contributed by atoms with Gasteiger partial charge in [0.1, 0.15) is 0 Å². The summed E-state index contributed by atoms with van der Waals surface area (Å²) in [5.74, 6) is 0. The predicted octanol–water partition coefficient (Wildman–Crippen LogP) is 3.81. The predicted molar refractivity (Wildman–Crippen MR) is 63.3 cm³/mol. The fraction of sp³-hybridized carbons (Fsp3) is 0.400. The molecule has 0 aliphatic heterocycles. The molecule has 0 aliphatic carbocycles. The molecule has 2 heterocycles. The van der Waals surface area contributed by atoms with Crippen molar-refractivity contribution in [1.82, 2.24) is 0 Å². The number of rotatable bonds is 3. The summed E-state index contributed by atoms with van der Waals surface area (Å²) in [5.41, 5.74) is 0. The van der Waals surface area contributed by atoms with Gasteiger partial charge in [-0.05, 0) is 31.4 Å². The highest BCUT2D eigenvalue weighted by atomic mass is 32.2. The molecule has 0 fully saturated rings. The molecule has 0 radical (unpaired) electrons. The highest BCUT2D eigenvalue weighted by molar-refractivity contribution is 7.39. The Morgan fingerprint density at radius 3 is 2.69 bits per heavy atom. The van der Waals surface area contributed by atoms with E-state index in [1.807, 2.05) is 22.7 Å². The molecule has 0 atom stereocenters. The fourth-order valence-corrected chi connectivity index (χ4v) is 3.67. The third-order valence-electron chi connectivity index (χ3n) is 2.21.